The first-order valence-corrected chi connectivity index (χ1v) is 7.83. The van der Waals surface area contributed by atoms with E-state index in [1.54, 1.807) is 6.07 Å². The molecule has 0 saturated heterocycles. The summed E-state index contributed by atoms with van der Waals surface area (Å²) in [5.74, 6) is 0.705. The van der Waals surface area contributed by atoms with E-state index in [9.17, 15) is 4.79 Å². The number of anilines is 1. The van der Waals surface area contributed by atoms with Crippen molar-refractivity contribution < 1.29 is 4.79 Å². The van der Waals surface area contributed by atoms with Crippen molar-refractivity contribution in [2.24, 2.45) is 0 Å². The number of rotatable bonds is 9. The molecule has 0 aliphatic carbocycles. The molecule has 1 rings (SSSR count). The number of hydrogen-bond donors (Lipinski definition) is 2. The molecule has 0 spiro atoms. The minimum Gasteiger partial charge on any atom is -0.373 e. The Morgan fingerprint density at radius 3 is 2.57 bits per heavy atom. The molecule has 118 valence electrons. The summed E-state index contributed by atoms with van der Waals surface area (Å²) in [4.78, 5) is 19.0. The van der Waals surface area contributed by atoms with Crippen LogP contribution in [-0.4, -0.2) is 49.0 Å². The maximum Gasteiger partial charge on any atom is 0.251 e. The van der Waals surface area contributed by atoms with Gasteiger partial charge in [-0.1, -0.05) is 20.8 Å². The lowest BCUT2D eigenvalue weighted by Crippen LogP contribution is -2.35. The zero-order valence-electron chi connectivity index (χ0n) is 13.7. The van der Waals surface area contributed by atoms with Crippen molar-refractivity contribution in [1.29, 1.82) is 0 Å². The fraction of sp³-hybridized carbons (Fsp3) is 0.625. The number of aryl methyl sites for hydroxylation is 1. The van der Waals surface area contributed by atoms with E-state index in [0.717, 1.165) is 44.0 Å². The lowest BCUT2D eigenvalue weighted by atomic mass is 10.2. The first kappa shape index (κ1) is 17.4. The smallest absolute Gasteiger partial charge is 0.251 e. The maximum atomic E-state index is 12.2. The van der Waals surface area contributed by atoms with Crippen molar-refractivity contribution in [3.8, 4) is 0 Å². The zero-order chi connectivity index (χ0) is 15.7. The van der Waals surface area contributed by atoms with Crippen LogP contribution in [-0.2, 0) is 6.42 Å². The van der Waals surface area contributed by atoms with Crippen molar-refractivity contribution >= 4 is 11.7 Å². The SMILES string of the molecule is CCCN(CC)CCNC(=O)c1cc(CC)nc(NC)c1. The van der Waals surface area contributed by atoms with Crippen molar-refractivity contribution in [3.63, 3.8) is 0 Å². The van der Waals surface area contributed by atoms with Gasteiger partial charge in [0.05, 0.1) is 0 Å². The van der Waals surface area contributed by atoms with Gasteiger partial charge in [0.1, 0.15) is 5.82 Å². The number of amides is 1. The number of carbonyl (C=O) groups excluding carboxylic acids is 1. The highest BCUT2D eigenvalue weighted by Gasteiger charge is 2.09. The minimum atomic E-state index is -0.0313. The summed E-state index contributed by atoms with van der Waals surface area (Å²) in [6.45, 7) is 10.0. The molecule has 2 N–H and O–H groups in total. The minimum absolute atomic E-state index is 0.0313. The molecule has 0 bridgehead atoms. The average molecular weight is 292 g/mol. The van der Waals surface area contributed by atoms with E-state index < -0.39 is 0 Å². The van der Waals surface area contributed by atoms with Gasteiger partial charge in [0, 0.05) is 31.4 Å². The summed E-state index contributed by atoms with van der Waals surface area (Å²) in [6, 6.07) is 3.65. The van der Waals surface area contributed by atoms with Gasteiger partial charge in [-0.25, -0.2) is 4.98 Å². The van der Waals surface area contributed by atoms with Gasteiger partial charge in [-0.05, 0) is 38.1 Å². The fourth-order valence-electron chi connectivity index (χ4n) is 2.20. The Balaban J connectivity index is 2.59. The van der Waals surface area contributed by atoms with Gasteiger partial charge in [0.15, 0.2) is 0 Å². The summed E-state index contributed by atoms with van der Waals surface area (Å²) in [5.41, 5.74) is 1.60. The van der Waals surface area contributed by atoms with Crippen LogP contribution in [0.4, 0.5) is 5.82 Å². The first-order valence-electron chi connectivity index (χ1n) is 7.83. The molecule has 1 aromatic rings. The van der Waals surface area contributed by atoms with E-state index in [1.165, 1.54) is 0 Å². The topological polar surface area (TPSA) is 57.3 Å². The average Bonchev–Trinajstić information content (AvgIpc) is 2.53. The number of aromatic nitrogens is 1. The predicted octanol–water partition coefficient (Wildman–Crippen LogP) is 2.15. The van der Waals surface area contributed by atoms with E-state index in [4.69, 9.17) is 0 Å². The summed E-state index contributed by atoms with van der Waals surface area (Å²) < 4.78 is 0. The molecule has 1 aromatic heterocycles. The second-order valence-electron chi connectivity index (χ2n) is 5.03. The molecule has 0 atom stereocenters. The van der Waals surface area contributed by atoms with Crippen LogP contribution in [0.1, 0.15) is 43.2 Å². The van der Waals surface area contributed by atoms with Crippen LogP contribution >= 0.6 is 0 Å². The Bertz CT molecular complexity index is 426. The molecular weight excluding hydrogens is 264 g/mol. The van der Waals surface area contributed by atoms with Gasteiger partial charge in [0.25, 0.3) is 5.91 Å². The lowest BCUT2D eigenvalue weighted by Gasteiger charge is -2.19. The van der Waals surface area contributed by atoms with Crippen molar-refractivity contribution in [2.75, 3.05) is 38.5 Å². The number of carbonyl (C=O) groups is 1. The molecule has 0 unspecified atom stereocenters. The van der Waals surface area contributed by atoms with Crippen LogP contribution in [0.2, 0.25) is 0 Å². The normalized spacial score (nSPS) is 10.7. The molecule has 5 nitrogen and oxygen atoms in total. The highest BCUT2D eigenvalue weighted by molar-refractivity contribution is 5.95. The molecule has 0 radical (unpaired) electrons. The predicted molar refractivity (Wildman–Crippen MR) is 87.9 cm³/mol. The van der Waals surface area contributed by atoms with Crippen molar-refractivity contribution in [1.82, 2.24) is 15.2 Å². The van der Waals surface area contributed by atoms with Gasteiger partial charge in [-0.2, -0.15) is 0 Å². The third-order valence-electron chi connectivity index (χ3n) is 3.46. The molecule has 0 saturated carbocycles. The van der Waals surface area contributed by atoms with Crippen LogP contribution < -0.4 is 10.6 Å². The van der Waals surface area contributed by atoms with Gasteiger partial charge >= 0.3 is 0 Å². The van der Waals surface area contributed by atoms with Crippen LogP contribution in [0.15, 0.2) is 12.1 Å². The Hall–Kier alpha value is -1.62. The van der Waals surface area contributed by atoms with E-state index in [-0.39, 0.29) is 5.91 Å². The Morgan fingerprint density at radius 2 is 2.00 bits per heavy atom. The molecule has 1 amide bonds. The molecule has 0 aliphatic heterocycles. The van der Waals surface area contributed by atoms with Crippen molar-refractivity contribution in [2.45, 2.75) is 33.6 Å². The number of nitrogens with zero attached hydrogens (tertiary/aromatic N) is 2. The van der Waals surface area contributed by atoms with E-state index in [0.29, 0.717) is 12.1 Å². The Labute approximate surface area is 128 Å². The second kappa shape index (κ2) is 9.34. The third kappa shape index (κ3) is 5.71. The summed E-state index contributed by atoms with van der Waals surface area (Å²) in [6.07, 6.45) is 1.95. The van der Waals surface area contributed by atoms with Crippen LogP contribution in [0.3, 0.4) is 0 Å². The number of hydrogen-bond acceptors (Lipinski definition) is 4. The summed E-state index contributed by atoms with van der Waals surface area (Å²) in [5, 5.41) is 5.99. The van der Waals surface area contributed by atoms with Gasteiger partial charge in [-0.3, -0.25) is 4.79 Å². The van der Waals surface area contributed by atoms with E-state index in [2.05, 4.69) is 34.4 Å². The Morgan fingerprint density at radius 1 is 1.24 bits per heavy atom. The number of pyridine rings is 1. The second-order valence-corrected chi connectivity index (χ2v) is 5.03. The van der Waals surface area contributed by atoms with E-state index >= 15 is 0 Å². The maximum absolute atomic E-state index is 12.2. The highest BCUT2D eigenvalue weighted by Crippen LogP contribution is 2.10. The third-order valence-corrected chi connectivity index (χ3v) is 3.46. The largest absolute Gasteiger partial charge is 0.373 e. The van der Waals surface area contributed by atoms with Crippen LogP contribution in [0.5, 0.6) is 0 Å². The number of likely N-dealkylation sites (N-methyl/N-ethyl adjacent to an activating group) is 1. The van der Waals surface area contributed by atoms with Crippen LogP contribution in [0, 0.1) is 0 Å². The molecule has 0 aromatic carbocycles. The van der Waals surface area contributed by atoms with Gasteiger partial charge in [-0.15, -0.1) is 0 Å². The van der Waals surface area contributed by atoms with Crippen LogP contribution in [0.25, 0.3) is 0 Å². The summed E-state index contributed by atoms with van der Waals surface area (Å²) in [7, 11) is 1.81. The zero-order valence-corrected chi connectivity index (χ0v) is 13.7. The van der Waals surface area contributed by atoms with Crippen molar-refractivity contribution in [3.05, 3.63) is 23.4 Å². The first-order chi connectivity index (χ1) is 10.1. The lowest BCUT2D eigenvalue weighted by molar-refractivity contribution is 0.0948. The highest BCUT2D eigenvalue weighted by atomic mass is 16.1. The molecule has 0 aliphatic rings. The monoisotopic (exact) mass is 292 g/mol. The molecular formula is C16H28N4O. The quantitative estimate of drug-likeness (QED) is 0.732. The number of nitrogens with one attached hydrogen (secondary N) is 2. The van der Waals surface area contributed by atoms with Gasteiger partial charge in [0.2, 0.25) is 0 Å². The Kier molecular flexibility index (Phi) is 7.75. The van der Waals surface area contributed by atoms with Gasteiger partial charge < -0.3 is 15.5 Å². The van der Waals surface area contributed by atoms with E-state index in [1.807, 2.05) is 20.0 Å². The molecule has 21 heavy (non-hydrogen) atoms. The molecule has 1 heterocycles. The molecule has 5 heteroatoms. The standard InChI is InChI=1S/C16H28N4O/c1-5-9-20(7-3)10-8-18-16(21)13-11-14(6-2)19-15(12-13)17-4/h11-12H,5-10H2,1-4H3,(H,17,19)(H,18,21). The summed E-state index contributed by atoms with van der Waals surface area (Å²) >= 11 is 0. The molecule has 0 fully saturated rings. The fourth-order valence-corrected chi connectivity index (χ4v) is 2.20.